The summed E-state index contributed by atoms with van der Waals surface area (Å²) in [4.78, 5) is 14.0. The number of hydrogen-bond donors (Lipinski definition) is 2. The Balaban J connectivity index is 1.50. The Morgan fingerprint density at radius 3 is 2.34 bits per heavy atom. The summed E-state index contributed by atoms with van der Waals surface area (Å²) in [5.41, 5.74) is 8.49. The number of amides is 1. The minimum Gasteiger partial charge on any atom is -0.443 e. The summed E-state index contributed by atoms with van der Waals surface area (Å²) in [6.45, 7) is 9.44. The van der Waals surface area contributed by atoms with Crippen LogP contribution >= 0.6 is 0 Å². The number of rotatable bonds is 5. The van der Waals surface area contributed by atoms with Gasteiger partial charge >= 0.3 is 6.09 Å². The Morgan fingerprint density at radius 2 is 1.75 bits per heavy atom. The fourth-order valence-corrected chi connectivity index (χ4v) is 6.02. The second-order valence-corrected chi connectivity index (χ2v) is 10.6. The van der Waals surface area contributed by atoms with E-state index in [2.05, 4.69) is 36.3 Å². The van der Waals surface area contributed by atoms with E-state index in [1.54, 1.807) is 0 Å². The normalized spacial score (nSPS) is 23.3. The number of ether oxygens (including phenoxy) is 1. The number of carbonyl (C=O) groups excluding carboxylic acids is 1. The highest BCUT2D eigenvalue weighted by molar-refractivity contribution is 6.00. The molecule has 2 aliphatic rings. The summed E-state index contributed by atoms with van der Waals surface area (Å²) in [7, 11) is 0. The zero-order valence-corrected chi connectivity index (χ0v) is 19.8. The third kappa shape index (κ3) is 4.56. The molecule has 32 heavy (non-hydrogen) atoms. The molecule has 0 bridgehead atoms. The Bertz CT molecular complexity index is 958. The number of hydrogen-bond acceptors (Lipinski definition) is 4. The first-order chi connectivity index (χ1) is 15.3. The molecule has 174 valence electrons. The molecule has 3 N–H and O–H groups in total. The van der Waals surface area contributed by atoms with Gasteiger partial charge in [0.15, 0.2) is 0 Å². The Hall–Kier alpha value is -2.34. The minimum atomic E-state index is -0.779. The van der Waals surface area contributed by atoms with Gasteiger partial charge in [0.2, 0.25) is 0 Å². The lowest BCUT2D eigenvalue weighted by Crippen LogP contribution is -2.44. The van der Waals surface area contributed by atoms with Crippen molar-refractivity contribution in [3.63, 3.8) is 0 Å². The molecule has 0 unspecified atom stereocenters. The zero-order chi connectivity index (χ0) is 22.9. The highest BCUT2D eigenvalue weighted by Crippen LogP contribution is 2.40. The molecule has 1 saturated carbocycles. The highest BCUT2D eigenvalue weighted by Gasteiger charge is 2.34. The van der Waals surface area contributed by atoms with Crippen molar-refractivity contribution in [3.05, 3.63) is 35.5 Å². The average Bonchev–Trinajstić information content (AvgIpc) is 3.10. The minimum absolute atomic E-state index is 0.103. The maximum atomic E-state index is 11.3. The number of benzene rings is 1. The van der Waals surface area contributed by atoms with Crippen molar-refractivity contribution in [3.8, 4) is 0 Å². The molecule has 0 atom stereocenters. The maximum Gasteiger partial charge on any atom is 0.404 e. The molecule has 6 nitrogen and oxygen atoms in total. The van der Waals surface area contributed by atoms with Crippen LogP contribution < -0.4 is 5.73 Å². The lowest BCUT2D eigenvalue weighted by atomic mass is 9.71. The van der Waals surface area contributed by atoms with Gasteiger partial charge in [-0.2, -0.15) is 0 Å². The van der Waals surface area contributed by atoms with Crippen molar-refractivity contribution >= 4 is 23.2 Å². The van der Waals surface area contributed by atoms with Crippen LogP contribution in [0.5, 0.6) is 0 Å². The average molecular weight is 439 g/mol. The monoisotopic (exact) mass is 438 g/mol. The van der Waals surface area contributed by atoms with E-state index >= 15 is 0 Å². The van der Waals surface area contributed by atoms with E-state index in [0.717, 1.165) is 54.0 Å². The number of para-hydroxylation sites is 1. The van der Waals surface area contributed by atoms with Crippen molar-refractivity contribution in [2.45, 2.75) is 78.0 Å². The molecule has 2 fully saturated rings. The molecular weight excluding hydrogens is 400 g/mol. The first kappa shape index (κ1) is 22.8. The highest BCUT2D eigenvalue weighted by atomic mass is 16.5. The van der Waals surface area contributed by atoms with E-state index in [4.69, 9.17) is 15.9 Å². The van der Waals surface area contributed by atoms with Crippen molar-refractivity contribution in [2.75, 3.05) is 13.1 Å². The Morgan fingerprint density at radius 1 is 1.09 bits per heavy atom. The quantitative estimate of drug-likeness (QED) is 0.607. The van der Waals surface area contributed by atoms with Crippen LogP contribution in [-0.2, 0) is 11.3 Å². The van der Waals surface area contributed by atoms with Gasteiger partial charge in [-0.25, -0.2) is 4.79 Å². The van der Waals surface area contributed by atoms with Crippen molar-refractivity contribution in [2.24, 2.45) is 17.1 Å². The summed E-state index contributed by atoms with van der Waals surface area (Å²) >= 11 is 0. The molecule has 4 rings (SSSR count). The molecule has 1 aromatic heterocycles. The largest absolute Gasteiger partial charge is 0.443 e. The summed E-state index contributed by atoms with van der Waals surface area (Å²) in [5.74, 6) is 0.842. The fraction of sp³-hybridized carbons (Fsp3) is 0.615. The predicted octanol–water partition coefficient (Wildman–Crippen LogP) is 5.48. The number of nitrogens with two attached hydrogens (primary N) is 1. The molecule has 1 aliphatic heterocycles. The van der Waals surface area contributed by atoms with Crippen LogP contribution in [-0.4, -0.2) is 40.9 Å². The molecule has 1 saturated heterocycles. The first-order valence-electron chi connectivity index (χ1n) is 12.1. The number of piperidine rings is 1. The van der Waals surface area contributed by atoms with Gasteiger partial charge in [0.05, 0.1) is 5.69 Å². The molecule has 2 aromatic rings. The standard InChI is InChI=1S/C26H38N4O2/c1-26(2,3)18-8-10-19(11-9-18)29-14-12-20(13-15-29)30-23-7-5-4-6-21(23)22(16-27)24(30)17-32-25(28)31/h4-7,16,18-20,27H,8-15,17H2,1-3H3,(H2,28,31). The van der Waals surface area contributed by atoms with Crippen molar-refractivity contribution < 1.29 is 9.53 Å². The second kappa shape index (κ2) is 9.26. The van der Waals surface area contributed by atoms with E-state index < -0.39 is 6.09 Å². The van der Waals surface area contributed by atoms with E-state index in [-0.39, 0.29) is 6.61 Å². The van der Waals surface area contributed by atoms with Gasteiger partial charge in [-0.05, 0) is 55.9 Å². The van der Waals surface area contributed by atoms with Gasteiger partial charge in [0.25, 0.3) is 0 Å². The third-order valence-corrected chi connectivity index (χ3v) is 7.85. The van der Waals surface area contributed by atoms with Gasteiger partial charge in [0, 0.05) is 47.9 Å². The van der Waals surface area contributed by atoms with Gasteiger partial charge in [-0.3, -0.25) is 0 Å². The first-order valence-corrected chi connectivity index (χ1v) is 12.1. The van der Waals surface area contributed by atoms with Gasteiger partial charge in [-0.15, -0.1) is 0 Å². The predicted molar refractivity (Wildman–Crippen MR) is 129 cm³/mol. The molecule has 0 radical (unpaired) electrons. The summed E-state index contributed by atoms with van der Waals surface area (Å²) in [5, 5.41) is 9.02. The molecular formula is C26H38N4O2. The van der Waals surface area contributed by atoms with E-state index in [1.807, 2.05) is 18.2 Å². The number of nitrogens with one attached hydrogen (secondary N) is 1. The molecule has 1 aliphatic carbocycles. The maximum absolute atomic E-state index is 11.3. The topological polar surface area (TPSA) is 84.3 Å². The Labute approximate surface area is 191 Å². The van der Waals surface area contributed by atoms with Gasteiger partial charge in [-0.1, -0.05) is 39.0 Å². The third-order valence-electron chi connectivity index (χ3n) is 7.85. The van der Waals surface area contributed by atoms with Crippen LogP contribution in [0.15, 0.2) is 24.3 Å². The van der Waals surface area contributed by atoms with E-state index in [1.165, 1.54) is 31.9 Å². The molecule has 2 heterocycles. The lowest BCUT2D eigenvalue weighted by molar-refractivity contribution is 0.0712. The Kier molecular flexibility index (Phi) is 6.61. The van der Waals surface area contributed by atoms with Crippen LogP contribution in [0.3, 0.4) is 0 Å². The van der Waals surface area contributed by atoms with Crippen LogP contribution in [0, 0.1) is 16.7 Å². The number of primary amides is 1. The second-order valence-electron chi connectivity index (χ2n) is 10.6. The van der Waals surface area contributed by atoms with E-state index in [9.17, 15) is 4.79 Å². The van der Waals surface area contributed by atoms with Crippen molar-refractivity contribution in [1.29, 1.82) is 5.41 Å². The molecule has 1 aromatic carbocycles. The number of fused-ring (bicyclic) bond motifs is 1. The smallest absolute Gasteiger partial charge is 0.404 e. The van der Waals surface area contributed by atoms with Crippen LogP contribution in [0.2, 0.25) is 0 Å². The summed E-state index contributed by atoms with van der Waals surface area (Å²) in [6.07, 6.45) is 8.04. The number of carbonyl (C=O) groups is 1. The molecule has 6 heteroatoms. The van der Waals surface area contributed by atoms with Crippen LogP contribution in [0.25, 0.3) is 10.9 Å². The summed E-state index contributed by atoms with van der Waals surface area (Å²) < 4.78 is 7.50. The van der Waals surface area contributed by atoms with Crippen LogP contribution in [0.1, 0.15) is 76.6 Å². The fourth-order valence-electron chi connectivity index (χ4n) is 6.02. The molecule has 0 spiro atoms. The summed E-state index contributed by atoms with van der Waals surface area (Å²) in [6, 6.07) is 9.23. The lowest BCUT2D eigenvalue weighted by Gasteiger charge is -2.43. The van der Waals surface area contributed by atoms with Crippen LogP contribution in [0.4, 0.5) is 4.79 Å². The van der Waals surface area contributed by atoms with Gasteiger partial charge in [0.1, 0.15) is 6.61 Å². The van der Waals surface area contributed by atoms with Gasteiger partial charge < -0.3 is 25.3 Å². The molecule has 1 amide bonds. The van der Waals surface area contributed by atoms with E-state index in [0.29, 0.717) is 17.5 Å². The zero-order valence-electron chi connectivity index (χ0n) is 19.8. The number of nitrogens with zero attached hydrogens (tertiary/aromatic N) is 2. The number of aromatic nitrogens is 1. The van der Waals surface area contributed by atoms with Crippen molar-refractivity contribution in [1.82, 2.24) is 9.47 Å². The SMILES string of the molecule is CC(C)(C)C1CCC(N2CCC(n3c(COC(N)=O)c(C=N)c4ccccc43)CC2)CC1. The number of likely N-dealkylation sites (tertiary alicyclic amines) is 1.